The van der Waals surface area contributed by atoms with Crippen LogP contribution < -0.4 is 0 Å². The van der Waals surface area contributed by atoms with Gasteiger partial charge in [-0.25, -0.2) is 9.97 Å². The van der Waals surface area contributed by atoms with Gasteiger partial charge in [0, 0.05) is 12.4 Å². The number of hydrogen-bond donors (Lipinski definition) is 1. The van der Waals surface area contributed by atoms with E-state index in [4.69, 9.17) is 0 Å². The molecule has 0 radical (unpaired) electrons. The summed E-state index contributed by atoms with van der Waals surface area (Å²) in [5.74, 6) is 0.732. The Bertz CT molecular complexity index is 866. The molecule has 4 rings (SSSR count). The standard InChI is InChI=1S/C16H11N5/c1-2-8-18-11(4-1)12-5-3-6-14(19-12)16-20-13-7-9-17-10-15(13)21-16/h1-10H,(H,20,21). The molecular formula is C16H11N5. The normalized spacial score (nSPS) is 10.9. The summed E-state index contributed by atoms with van der Waals surface area (Å²) in [7, 11) is 0. The van der Waals surface area contributed by atoms with E-state index < -0.39 is 0 Å². The van der Waals surface area contributed by atoms with E-state index in [1.165, 1.54) is 0 Å². The van der Waals surface area contributed by atoms with Gasteiger partial charge in [0.2, 0.25) is 0 Å². The molecule has 0 atom stereocenters. The number of aromatic amines is 1. The summed E-state index contributed by atoms with van der Waals surface area (Å²) in [5, 5.41) is 0. The van der Waals surface area contributed by atoms with E-state index in [2.05, 4.69) is 24.9 Å². The van der Waals surface area contributed by atoms with Crippen LogP contribution in [0.25, 0.3) is 33.9 Å². The SMILES string of the molecule is c1ccc(-c2cccc(-c3nc4ccncc4[nH]3)n2)nc1. The molecule has 0 aliphatic carbocycles. The van der Waals surface area contributed by atoms with Gasteiger partial charge in [0.1, 0.15) is 5.69 Å². The molecule has 0 saturated carbocycles. The lowest BCUT2D eigenvalue weighted by Gasteiger charge is -2.01. The fraction of sp³-hybridized carbons (Fsp3) is 0. The molecule has 21 heavy (non-hydrogen) atoms. The van der Waals surface area contributed by atoms with E-state index in [9.17, 15) is 0 Å². The van der Waals surface area contributed by atoms with Crippen LogP contribution in [0.15, 0.2) is 61.1 Å². The van der Waals surface area contributed by atoms with E-state index in [-0.39, 0.29) is 0 Å². The average molecular weight is 273 g/mol. The van der Waals surface area contributed by atoms with Crippen LogP contribution in [-0.2, 0) is 0 Å². The van der Waals surface area contributed by atoms with Crippen LogP contribution in [0.5, 0.6) is 0 Å². The minimum Gasteiger partial charge on any atom is -0.335 e. The Kier molecular flexibility index (Phi) is 2.67. The molecule has 0 bridgehead atoms. The summed E-state index contributed by atoms with van der Waals surface area (Å²) >= 11 is 0. The summed E-state index contributed by atoms with van der Waals surface area (Å²) < 4.78 is 0. The second kappa shape index (κ2) is 4.79. The molecule has 0 spiro atoms. The van der Waals surface area contributed by atoms with Crippen molar-refractivity contribution in [3.05, 3.63) is 61.1 Å². The quantitative estimate of drug-likeness (QED) is 0.609. The number of hydrogen-bond acceptors (Lipinski definition) is 4. The first kappa shape index (κ1) is 11.7. The van der Waals surface area contributed by atoms with Gasteiger partial charge in [-0.05, 0) is 30.3 Å². The van der Waals surface area contributed by atoms with Gasteiger partial charge in [0.25, 0.3) is 0 Å². The summed E-state index contributed by atoms with van der Waals surface area (Å²) in [4.78, 5) is 20.8. The monoisotopic (exact) mass is 273 g/mol. The highest BCUT2D eigenvalue weighted by Crippen LogP contribution is 2.21. The van der Waals surface area contributed by atoms with Gasteiger partial charge in [-0.2, -0.15) is 0 Å². The molecule has 100 valence electrons. The van der Waals surface area contributed by atoms with Gasteiger partial charge in [0.15, 0.2) is 5.82 Å². The molecule has 0 saturated heterocycles. The lowest BCUT2D eigenvalue weighted by molar-refractivity contribution is 1.21. The molecule has 0 unspecified atom stereocenters. The van der Waals surface area contributed by atoms with Crippen LogP contribution in [0.2, 0.25) is 0 Å². The highest BCUT2D eigenvalue weighted by Gasteiger charge is 2.08. The topological polar surface area (TPSA) is 67.3 Å². The van der Waals surface area contributed by atoms with E-state index in [0.29, 0.717) is 0 Å². The lowest BCUT2D eigenvalue weighted by Crippen LogP contribution is -1.90. The number of rotatable bonds is 2. The first-order valence-electron chi connectivity index (χ1n) is 6.59. The third-order valence-electron chi connectivity index (χ3n) is 3.20. The predicted octanol–water partition coefficient (Wildman–Crippen LogP) is 3.08. The molecule has 0 aromatic carbocycles. The van der Waals surface area contributed by atoms with Crippen molar-refractivity contribution in [2.24, 2.45) is 0 Å². The zero-order chi connectivity index (χ0) is 14.1. The minimum atomic E-state index is 0.732. The van der Waals surface area contributed by atoms with Gasteiger partial charge in [-0.15, -0.1) is 0 Å². The third-order valence-corrected chi connectivity index (χ3v) is 3.20. The van der Waals surface area contributed by atoms with E-state index in [1.807, 2.05) is 42.5 Å². The zero-order valence-electron chi connectivity index (χ0n) is 11.1. The minimum absolute atomic E-state index is 0.732. The number of nitrogens with zero attached hydrogens (tertiary/aromatic N) is 4. The van der Waals surface area contributed by atoms with Gasteiger partial charge in [0.05, 0.1) is 28.6 Å². The highest BCUT2D eigenvalue weighted by atomic mass is 15.0. The fourth-order valence-corrected chi connectivity index (χ4v) is 2.20. The van der Waals surface area contributed by atoms with Gasteiger partial charge in [-0.1, -0.05) is 12.1 Å². The van der Waals surface area contributed by atoms with E-state index in [1.54, 1.807) is 18.6 Å². The average Bonchev–Trinajstić information content (AvgIpc) is 3.00. The Morgan fingerprint density at radius 2 is 1.67 bits per heavy atom. The Morgan fingerprint density at radius 3 is 2.52 bits per heavy atom. The molecule has 5 nitrogen and oxygen atoms in total. The highest BCUT2D eigenvalue weighted by molar-refractivity contribution is 5.77. The maximum Gasteiger partial charge on any atom is 0.157 e. The number of pyridine rings is 3. The second-order valence-electron chi connectivity index (χ2n) is 4.60. The van der Waals surface area contributed by atoms with Crippen LogP contribution >= 0.6 is 0 Å². The van der Waals surface area contributed by atoms with Crippen LogP contribution in [0, 0.1) is 0 Å². The largest absolute Gasteiger partial charge is 0.335 e. The molecular weight excluding hydrogens is 262 g/mol. The Balaban J connectivity index is 1.82. The van der Waals surface area contributed by atoms with Crippen molar-refractivity contribution in [2.45, 2.75) is 0 Å². The van der Waals surface area contributed by atoms with Crippen molar-refractivity contribution in [3.63, 3.8) is 0 Å². The first-order valence-corrected chi connectivity index (χ1v) is 6.59. The van der Waals surface area contributed by atoms with Crippen molar-refractivity contribution in [2.75, 3.05) is 0 Å². The van der Waals surface area contributed by atoms with Crippen LogP contribution in [0.4, 0.5) is 0 Å². The maximum atomic E-state index is 4.63. The number of H-pyrrole nitrogens is 1. The van der Waals surface area contributed by atoms with Crippen molar-refractivity contribution < 1.29 is 0 Å². The molecule has 1 N–H and O–H groups in total. The molecule has 0 aliphatic rings. The summed E-state index contributed by atoms with van der Waals surface area (Å²) in [6.07, 6.45) is 5.25. The molecule has 4 aromatic rings. The Hall–Kier alpha value is -3.08. The molecule has 0 amide bonds. The van der Waals surface area contributed by atoms with Gasteiger partial charge >= 0.3 is 0 Å². The number of fused-ring (bicyclic) bond motifs is 1. The number of nitrogens with one attached hydrogen (secondary N) is 1. The van der Waals surface area contributed by atoms with Crippen molar-refractivity contribution in [3.8, 4) is 22.9 Å². The number of aromatic nitrogens is 5. The summed E-state index contributed by atoms with van der Waals surface area (Å²) in [5.41, 5.74) is 4.24. The van der Waals surface area contributed by atoms with Crippen molar-refractivity contribution in [1.29, 1.82) is 0 Å². The first-order chi connectivity index (χ1) is 10.4. The molecule has 4 aromatic heterocycles. The van der Waals surface area contributed by atoms with Crippen LogP contribution in [0.3, 0.4) is 0 Å². The predicted molar refractivity (Wildman–Crippen MR) is 80.4 cm³/mol. The Labute approximate surface area is 120 Å². The second-order valence-corrected chi connectivity index (χ2v) is 4.60. The van der Waals surface area contributed by atoms with E-state index >= 15 is 0 Å². The fourth-order valence-electron chi connectivity index (χ4n) is 2.20. The molecule has 0 fully saturated rings. The lowest BCUT2D eigenvalue weighted by atomic mass is 10.2. The molecule has 0 aliphatic heterocycles. The van der Waals surface area contributed by atoms with Crippen LogP contribution in [0.1, 0.15) is 0 Å². The molecule has 4 heterocycles. The Morgan fingerprint density at radius 1 is 0.762 bits per heavy atom. The summed E-state index contributed by atoms with van der Waals surface area (Å²) in [6, 6.07) is 13.5. The van der Waals surface area contributed by atoms with E-state index in [0.717, 1.165) is 33.9 Å². The number of imidazole rings is 1. The zero-order valence-corrected chi connectivity index (χ0v) is 11.1. The van der Waals surface area contributed by atoms with Crippen molar-refractivity contribution >= 4 is 11.0 Å². The summed E-state index contributed by atoms with van der Waals surface area (Å²) in [6.45, 7) is 0. The maximum absolute atomic E-state index is 4.63. The smallest absolute Gasteiger partial charge is 0.157 e. The van der Waals surface area contributed by atoms with Crippen molar-refractivity contribution in [1.82, 2.24) is 24.9 Å². The van der Waals surface area contributed by atoms with Crippen LogP contribution in [-0.4, -0.2) is 24.9 Å². The molecule has 5 heteroatoms. The van der Waals surface area contributed by atoms with Gasteiger partial charge < -0.3 is 4.98 Å². The third kappa shape index (κ3) is 2.14. The van der Waals surface area contributed by atoms with Gasteiger partial charge in [-0.3, -0.25) is 9.97 Å².